The molecule has 1 amide bonds. The first-order valence-corrected chi connectivity index (χ1v) is 6.26. The van der Waals surface area contributed by atoms with Crippen LogP contribution in [0.25, 0.3) is 10.9 Å². The van der Waals surface area contributed by atoms with Crippen molar-refractivity contribution in [2.45, 2.75) is 0 Å². The van der Waals surface area contributed by atoms with Gasteiger partial charge >= 0.3 is 0 Å². The summed E-state index contributed by atoms with van der Waals surface area (Å²) < 4.78 is 0. The van der Waals surface area contributed by atoms with Gasteiger partial charge in [-0.25, -0.2) is 5.01 Å². The Morgan fingerprint density at radius 3 is 2.95 bits per heavy atom. The van der Waals surface area contributed by atoms with E-state index in [1.54, 1.807) is 18.5 Å². The Balaban J connectivity index is 1.73. The van der Waals surface area contributed by atoms with Gasteiger partial charge in [-0.05, 0) is 13.1 Å². The van der Waals surface area contributed by atoms with Crippen LogP contribution in [0, 0.1) is 0 Å². The van der Waals surface area contributed by atoms with Gasteiger partial charge in [0.15, 0.2) is 5.69 Å². The van der Waals surface area contributed by atoms with Crippen molar-refractivity contribution in [1.29, 1.82) is 0 Å². The molecule has 3 rings (SSSR count). The zero-order valence-electron chi connectivity index (χ0n) is 10.8. The minimum Gasteiger partial charge on any atom is -0.304 e. The van der Waals surface area contributed by atoms with Crippen LogP contribution in [0.2, 0.25) is 0 Å². The second kappa shape index (κ2) is 4.94. The molecule has 0 unspecified atom stereocenters. The second-order valence-electron chi connectivity index (χ2n) is 4.72. The summed E-state index contributed by atoms with van der Waals surface area (Å²) in [5, 5.41) is 9.57. The summed E-state index contributed by atoms with van der Waals surface area (Å²) in [4.78, 5) is 18.5. The number of hydrogen-bond donors (Lipinski definition) is 2. The standard InChI is InChI=1S/C12H16N6O/c1-17-4-6-18(7-5-17)16-12(19)11-9-8-13-3-2-10(9)14-15-11/h2-3,8H,4-7H2,1H3,(H,14,15)(H,16,19). The molecule has 1 aliphatic rings. The molecule has 2 N–H and O–H groups in total. The predicted octanol–water partition coefficient (Wildman–Crippen LogP) is -0.150. The van der Waals surface area contributed by atoms with E-state index < -0.39 is 0 Å². The maximum absolute atomic E-state index is 12.2. The molecule has 7 nitrogen and oxygen atoms in total. The summed E-state index contributed by atoms with van der Waals surface area (Å²) in [5.41, 5.74) is 4.10. The molecule has 0 bridgehead atoms. The van der Waals surface area contributed by atoms with Crippen LogP contribution >= 0.6 is 0 Å². The van der Waals surface area contributed by atoms with E-state index >= 15 is 0 Å². The third-order valence-electron chi connectivity index (χ3n) is 3.34. The number of nitrogens with zero attached hydrogens (tertiary/aromatic N) is 4. The third-order valence-corrected chi connectivity index (χ3v) is 3.34. The molecule has 1 aliphatic heterocycles. The predicted molar refractivity (Wildman–Crippen MR) is 70.4 cm³/mol. The van der Waals surface area contributed by atoms with Crippen molar-refractivity contribution in [1.82, 2.24) is 30.5 Å². The molecule has 0 spiro atoms. The minimum atomic E-state index is -0.191. The highest BCUT2D eigenvalue weighted by molar-refractivity contribution is 6.04. The van der Waals surface area contributed by atoms with Crippen molar-refractivity contribution >= 4 is 16.8 Å². The zero-order chi connectivity index (χ0) is 13.2. The van der Waals surface area contributed by atoms with Gasteiger partial charge in [-0.2, -0.15) is 5.10 Å². The highest BCUT2D eigenvalue weighted by Crippen LogP contribution is 2.13. The van der Waals surface area contributed by atoms with Crippen molar-refractivity contribution in [2.24, 2.45) is 0 Å². The number of likely N-dealkylation sites (N-methyl/N-ethyl adjacent to an activating group) is 1. The Bertz CT molecular complexity index is 587. The summed E-state index contributed by atoms with van der Waals surface area (Å²) in [6, 6.07) is 1.80. The van der Waals surface area contributed by atoms with Crippen LogP contribution in [0.15, 0.2) is 18.5 Å². The molecular weight excluding hydrogens is 244 g/mol. The number of carbonyl (C=O) groups is 1. The SMILES string of the molecule is CN1CCN(NC(=O)c2n[nH]c3ccncc23)CC1. The molecule has 0 aliphatic carbocycles. The molecule has 0 radical (unpaired) electrons. The minimum absolute atomic E-state index is 0.191. The second-order valence-corrected chi connectivity index (χ2v) is 4.72. The molecule has 7 heteroatoms. The monoisotopic (exact) mass is 260 g/mol. The molecule has 0 saturated carbocycles. The number of pyridine rings is 1. The summed E-state index contributed by atoms with van der Waals surface area (Å²) in [6.07, 6.45) is 3.32. The van der Waals surface area contributed by atoms with Crippen molar-refractivity contribution < 1.29 is 4.79 Å². The fraction of sp³-hybridized carbons (Fsp3) is 0.417. The number of aromatic amines is 1. The van der Waals surface area contributed by atoms with Gasteiger partial charge in [0.25, 0.3) is 5.91 Å². The summed E-state index contributed by atoms with van der Waals surface area (Å²) in [7, 11) is 2.08. The maximum Gasteiger partial charge on any atom is 0.286 e. The van der Waals surface area contributed by atoms with Gasteiger partial charge in [0, 0.05) is 38.6 Å². The van der Waals surface area contributed by atoms with Crippen LogP contribution in [-0.2, 0) is 0 Å². The average molecular weight is 260 g/mol. The Kier molecular flexibility index (Phi) is 3.14. The lowest BCUT2D eigenvalue weighted by molar-refractivity contribution is 0.0659. The fourth-order valence-corrected chi connectivity index (χ4v) is 2.14. The van der Waals surface area contributed by atoms with Crippen LogP contribution < -0.4 is 5.43 Å². The van der Waals surface area contributed by atoms with Gasteiger partial charge in [-0.3, -0.25) is 20.3 Å². The summed E-state index contributed by atoms with van der Waals surface area (Å²) in [5.74, 6) is -0.191. The van der Waals surface area contributed by atoms with E-state index in [0.717, 1.165) is 37.1 Å². The molecule has 2 aromatic heterocycles. The molecule has 0 aromatic carbocycles. The van der Waals surface area contributed by atoms with E-state index in [1.807, 2.05) is 5.01 Å². The van der Waals surface area contributed by atoms with E-state index in [0.29, 0.717) is 5.69 Å². The Morgan fingerprint density at radius 1 is 1.37 bits per heavy atom. The van der Waals surface area contributed by atoms with Gasteiger partial charge in [-0.15, -0.1) is 0 Å². The highest BCUT2D eigenvalue weighted by Gasteiger charge is 2.19. The van der Waals surface area contributed by atoms with E-state index in [-0.39, 0.29) is 5.91 Å². The van der Waals surface area contributed by atoms with E-state index in [2.05, 4.69) is 32.6 Å². The molecule has 100 valence electrons. The molecule has 1 fully saturated rings. The summed E-state index contributed by atoms with van der Waals surface area (Å²) in [6.45, 7) is 3.54. The Hall–Kier alpha value is -1.99. The van der Waals surface area contributed by atoms with Gasteiger partial charge in [0.1, 0.15) is 0 Å². The maximum atomic E-state index is 12.2. The van der Waals surface area contributed by atoms with Crippen LogP contribution in [0.1, 0.15) is 10.5 Å². The first-order chi connectivity index (χ1) is 9.24. The van der Waals surface area contributed by atoms with Crippen molar-refractivity contribution in [3.05, 3.63) is 24.2 Å². The molecular formula is C12H16N6O. The normalized spacial score (nSPS) is 17.7. The lowest BCUT2D eigenvalue weighted by atomic mass is 10.2. The van der Waals surface area contributed by atoms with Crippen LogP contribution in [0.3, 0.4) is 0 Å². The number of hydrazine groups is 1. The number of nitrogens with one attached hydrogen (secondary N) is 2. The topological polar surface area (TPSA) is 77.1 Å². The van der Waals surface area contributed by atoms with Crippen molar-refractivity contribution in [3.8, 4) is 0 Å². The number of fused-ring (bicyclic) bond motifs is 1. The van der Waals surface area contributed by atoms with Crippen molar-refractivity contribution in [2.75, 3.05) is 33.2 Å². The third kappa shape index (κ3) is 2.42. The number of piperazine rings is 1. The average Bonchev–Trinajstić information content (AvgIpc) is 2.85. The van der Waals surface area contributed by atoms with E-state index in [1.165, 1.54) is 0 Å². The van der Waals surface area contributed by atoms with Crippen LogP contribution in [-0.4, -0.2) is 64.2 Å². The van der Waals surface area contributed by atoms with Crippen LogP contribution in [0.5, 0.6) is 0 Å². The molecule has 1 saturated heterocycles. The van der Waals surface area contributed by atoms with Crippen LogP contribution in [0.4, 0.5) is 0 Å². The molecule has 2 aromatic rings. The number of amides is 1. The quantitative estimate of drug-likeness (QED) is 0.785. The van der Waals surface area contributed by atoms with Gasteiger partial charge in [0.05, 0.1) is 10.9 Å². The highest BCUT2D eigenvalue weighted by atomic mass is 16.2. The summed E-state index contributed by atoms with van der Waals surface area (Å²) >= 11 is 0. The smallest absolute Gasteiger partial charge is 0.286 e. The number of H-pyrrole nitrogens is 1. The Morgan fingerprint density at radius 2 is 2.16 bits per heavy atom. The number of rotatable bonds is 2. The molecule has 0 atom stereocenters. The van der Waals surface area contributed by atoms with Crippen molar-refractivity contribution in [3.63, 3.8) is 0 Å². The zero-order valence-corrected chi connectivity index (χ0v) is 10.8. The number of carbonyl (C=O) groups excluding carboxylic acids is 1. The van der Waals surface area contributed by atoms with E-state index in [4.69, 9.17) is 0 Å². The number of hydrogen-bond acceptors (Lipinski definition) is 5. The number of aromatic nitrogens is 3. The van der Waals surface area contributed by atoms with Gasteiger partial charge in [-0.1, -0.05) is 0 Å². The van der Waals surface area contributed by atoms with Gasteiger partial charge < -0.3 is 4.90 Å². The Labute approximate surface area is 110 Å². The first kappa shape index (κ1) is 12.1. The molecule has 19 heavy (non-hydrogen) atoms. The molecule has 3 heterocycles. The lowest BCUT2D eigenvalue weighted by Gasteiger charge is -2.32. The largest absolute Gasteiger partial charge is 0.304 e. The fourth-order valence-electron chi connectivity index (χ4n) is 2.14. The first-order valence-electron chi connectivity index (χ1n) is 6.26. The van der Waals surface area contributed by atoms with E-state index in [9.17, 15) is 4.79 Å². The van der Waals surface area contributed by atoms with Gasteiger partial charge in [0.2, 0.25) is 0 Å². The lowest BCUT2D eigenvalue weighted by Crippen LogP contribution is -2.52.